The van der Waals surface area contributed by atoms with Gasteiger partial charge in [0.1, 0.15) is 5.82 Å². The molecule has 1 aromatic heterocycles. The van der Waals surface area contributed by atoms with E-state index in [1.807, 2.05) is 0 Å². The molecule has 96 valence electrons. The van der Waals surface area contributed by atoms with Crippen molar-refractivity contribution in [2.75, 3.05) is 12.3 Å². The molecule has 0 aliphatic heterocycles. The van der Waals surface area contributed by atoms with Crippen molar-refractivity contribution in [2.24, 2.45) is 5.11 Å². The van der Waals surface area contributed by atoms with Crippen LogP contribution in [-0.4, -0.2) is 11.5 Å². The Hall–Kier alpha value is -2.21. The number of rotatable bonds is 4. The summed E-state index contributed by atoms with van der Waals surface area (Å²) >= 11 is 0. The lowest BCUT2D eigenvalue weighted by atomic mass is 10.1. The average molecular weight is 257 g/mol. The molecule has 0 radical (unpaired) electrons. The zero-order valence-corrected chi connectivity index (χ0v) is 9.22. The van der Waals surface area contributed by atoms with Crippen LogP contribution in [0.2, 0.25) is 0 Å². The fourth-order valence-electron chi connectivity index (χ4n) is 1.21. The minimum absolute atomic E-state index is 0.252. The molecular formula is C10H10F3N5. The Kier molecular flexibility index (Phi) is 4.56. The number of hydrogen-bond donors (Lipinski definition) is 1. The summed E-state index contributed by atoms with van der Waals surface area (Å²) in [5.41, 5.74) is 12.5. The highest BCUT2D eigenvalue weighted by molar-refractivity contribution is 5.54. The topological polar surface area (TPSA) is 87.7 Å². The molecule has 18 heavy (non-hydrogen) atoms. The fraction of sp³-hybridized carbons (Fsp3) is 0.300. The predicted octanol–water partition coefficient (Wildman–Crippen LogP) is 3.40. The van der Waals surface area contributed by atoms with Crippen LogP contribution in [-0.2, 0) is 6.18 Å². The molecular weight excluding hydrogens is 247 g/mol. The molecule has 1 aromatic rings. The number of alkyl halides is 3. The van der Waals surface area contributed by atoms with E-state index in [9.17, 15) is 13.2 Å². The highest BCUT2D eigenvalue weighted by Crippen LogP contribution is 2.33. The van der Waals surface area contributed by atoms with Crippen molar-refractivity contribution in [2.45, 2.75) is 12.6 Å². The van der Waals surface area contributed by atoms with E-state index in [1.165, 1.54) is 12.3 Å². The first kappa shape index (κ1) is 13.9. The van der Waals surface area contributed by atoms with Gasteiger partial charge in [-0.25, -0.2) is 4.98 Å². The van der Waals surface area contributed by atoms with Crippen LogP contribution < -0.4 is 5.73 Å². The van der Waals surface area contributed by atoms with Gasteiger partial charge in [-0.15, -0.1) is 0 Å². The Morgan fingerprint density at radius 2 is 2.22 bits per heavy atom. The summed E-state index contributed by atoms with van der Waals surface area (Å²) in [6.45, 7) is 0.252. The standard InChI is InChI=1S/C10H10F3N5/c11-10(12,13)8-5-7(6-16-9(8)14)3-1-2-4-17-18-15/h1,3,5-6H,2,4H2,(H2,14,16). The lowest BCUT2D eigenvalue weighted by Gasteiger charge is -2.09. The first-order valence-electron chi connectivity index (χ1n) is 4.95. The average Bonchev–Trinajstić information content (AvgIpc) is 2.29. The maximum Gasteiger partial charge on any atom is 0.419 e. The van der Waals surface area contributed by atoms with E-state index in [-0.39, 0.29) is 12.1 Å². The lowest BCUT2D eigenvalue weighted by molar-refractivity contribution is -0.137. The van der Waals surface area contributed by atoms with Crippen molar-refractivity contribution in [1.29, 1.82) is 0 Å². The number of aromatic nitrogens is 1. The summed E-state index contributed by atoms with van der Waals surface area (Å²) in [5.74, 6) is -0.547. The minimum Gasteiger partial charge on any atom is -0.383 e. The van der Waals surface area contributed by atoms with Crippen molar-refractivity contribution >= 4 is 11.9 Å². The molecule has 8 heteroatoms. The van der Waals surface area contributed by atoms with Crippen LogP contribution in [0.5, 0.6) is 0 Å². The monoisotopic (exact) mass is 257 g/mol. The lowest BCUT2D eigenvalue weighted by Crippen LogP contribution is -2.10. The van der Waals surface area contributed by atoms with Gasteiger partial charge >= 0.3 is 6.18 Å². The van der Waals surface area contributed by atoms with E-state index >= 15 is 0 Å². The van der Waals surface area contributed by atoms with Crippen molar-refractivity contribution in [1.82, 2.24) is 4.98 Å². The van der Waals surface area contributed by atoms with Crippen molar-refractivity contribution in [3.8, 4) is 0 Å². The molecule has 0 aliphatic carbocycles. The first-order valence-corrected chi connectivity index (χ1v) is 4.95. The molecule has 1 rings (SSSR count). The largest absolute Gasteiger partial charge is 0.419 e. The normalized spacial score (nSPS) is 11.5. The second-order valence-corrected chi connectivity index (χ2v) is 3.34. The van der Waals surface area contributed by atoms with Crippen LogP contribution in [0.4, 0.5) is 19.0 Å². The summed E-state index contributed by atoms with van der Waals surface area (Å²) in [6, 6.07) is 0.923. The second kappa shape index (κ2) is 5.92. The number of nitrogens with zero attached hydrogens (tertiary/aromatic N) is 4. The van der Waals surface area contributed by atoms with Crippen LogP contribution in [0, 0.1) is 0 Å². The molecule has 0 amide bonds. The van der Waals surface area contributed by atoms with Crippen molar-refractivity contribution in [3.05, 3.63) is 39.9 Å². The Labute approximate surface area is 101 Å². The summed E-state index contributed by atoms with van der Waals surface area (Å²) < 4.78 is 37.6. The maximum atomic E-state index is 12.5. The van der Waals surface area contributed by atoms with Gasteiger partial charge < -0.3 is 5.73 Å². The Bertz CT molecular complexity index is 489. The SMILES string of the molecule is [N-]=[N+]=NCCC=Cc1cnc(N)c(C(F)(F)F)c1. The first-order chi connectivity index (χ1) is 8.45. The molecule has 2 N–H and O–H groups in total. The van der Waals surface area contributed by atoms with Crippen LogP contribution >= 0.6 is 0 Å². The Balaban J connectivity index is 2.82. The van der Waals surface area contributed by atoms with E-state index < -0.39 is 17.6 Å². The summed E-state index contributed by atoms with van der Waals surface area (Å²) in [5, 5.41) is 3.29. The number of anilines is 1. The van der Waals surface area contributed by atoms with Gasteiger partial charge in [0.15, 0.2) is 0 Å². The molecule has 0 aliphatic rings. The third kappa shape index (κ3) is 3.99. The zero-order valence-electron chi connectivity index (χ0n) is 9.22. The third-order valence-electron chi connectivity index (χ3n) is 2.01. The zero-order chi connectivity index (χ0) is 13.6. The van der Waals surface area contributed by atoms with E-state index in [0.29, 0.717) is 6.42 Å². The molecule has 0 aromatic carbocycles. The molecule has 0 fully saturated rings. The summed E-state index contributed by atoms with van der Waals surface area (Å²) in [4.78, 5) is 6.04. The molecule has 0 bridgehead atoms. The van der Waals surface area contributed by atoms with Crippen molar-refractivity contribution < 1.29 is 13.2 Å². The number of hydrogen-bond acceptors (Lipinski definition) is 3. The van der Waals surface area contributed by atoms with Gasteiger partial charge in [0, 0.05) is 17.7 Å². The highest BCUT2D eigenvalue weighted by Gasteiger charge is 2.33. The smallest absolute Gasteiger partial charge is 0.383 e. The number of pyridine rings is 1. The third-order valence-corrected chi connectivity index (χ3v) is 2.01. The van der Waals surface area contributed by atoms with E-state index in [1.54, 1.807) is 6.08 Å². The molecule has 0 saturated carbocycles. The van der Waals surface area contributed by atoms with Gasteiger partial charge in [0.25, 0.3) is 0 Å². The van der Waals surface area contributed by atoms with Crippen molar-refractivity contribution in [3.63, 3.8) is 0 Å². The minimum atomic E-state index is -4.52. The van der Waals surface area contributed by atoms with Gasteiger partial charge in [-0.2, -0.15) is 13.2 Å². The number of halogens is 3. The molecule has 0 unspecified atom stereocenters. The van der Waals surface area contributed by atoms with Crippen LogP contribution in [0.15, 0.2) is 23.5 Å². The van der Waals surface area contributed by atoms with Crippen LogP contribution in [0.25, 0.3) is 16.5 Å². The number of nitrogens with two attached hydrogens (primary N) is 1. The maximum absolute atomic E-state index is 12.5. The van der Waals surface area contributed by atoms with Gasteiger partial charge in [0.05, 0.1) is 5.56 Å². The predicted molar refractivity (Wildman–Crippen MR) is 61.3 cm³/mol. The molecule has 0 saturated heterocycles. The quantitative estimate of drug-likeness (QED) is 0.387. The van der Waals surface area contributed by atoms with Crippen LogP contribution in [0.1, 0.15) is 17.5 Å². The number of nitrogen functional groups attached to an aromatic ring is 1. The highest BCUT2D eigenvalue weighted by atomic mass is 19.4. The molecule has 5 nitrogen and oxygen atoms in total. The van der Waals surface area contributed by atoms with Crippen LogP contribution in [0.3, 0.4) is 0 Å². The van der Waals surface area contributed by atoms with Gasteiger partial charge in [0.2, 0.25) is 0 Å². The van der Waals surface area contributed by atoms with Gasteiger partial charge in [-0.05, 0) is 23.6 Å². The molecule has 0 spiro atoms. The molecule has 1 heterocycles. The van der Waals surface area contributed by atoms with E-state index in [0.717, 1.165) is 6.07 Å². The summed E-state index contributed by atoms with van der Waals surface area (Å²) in [6.07, 6.45) is 0.229. The van der Waals surface area contributed by atoms with E-state index in [2.05, 4.69) is 15.0 Å². The Morgan fingerprint density at radius 3 is 2.83 bits per heavy atom. The number of azide groups is 1. The summed E-state index contributed by atoms with van der Waals surface area (Å²) in [7, 11) is 0. The van der Waals surface area contributed by atoms with Gasteiger partial charge in [-0.3, -0.25) is 0 Å². The fourth-order valence-corrected chi connectivity index (χ4v) is 1.21. The Morgan fingerprint density at radius 1 is 1.50 bits per heavy atom. The second-order valence-electron chi connectivity index (χ2n) is 3.34. The van der Waals surface area contributed by atoms with E-state index in [4.69, 9.17) is 11.3 Å². The molecule has 0 atom stereocenters. The van der Waals surface area contributed by atoms with Gasteiger partial charge in [-0.1, -0.05) is 17.3 Å².